The normalized spacial score (nSPS) is 11.2. The van der Waals surface area contributed by atoms with Crippen molar-refractivity contribution < 1.29 is 14.3 Å². The van der Waals surface area contributed by atoms with Crippen molar-refractivity contribution in [2.45, 2.75) is 26.4 Å². The highest BCUT2D eigenvalue weighted by atomic mass is 35.5. The topological polar surface area (TPSA) is 35.5 Å². The molecule has 0 amide bonds. The fourth-order valence-corrected chi connectivity index (χ4v) is 2.85. The van der Waals surface area contributed by atoms with Crippen molar-refractivity contribution in [1.29, 1.82) is 0 Å². The minimum Gasteiger partial charge on any atom is -0.476 e. The zero-order valence-electron chi connectivity index (χ0n) is 12.2. The minimum atomic E-state index is -1.01. The standard InChI is InChI=1S/C16H17ClO3S/c1-4-19-15(18)16(2,3)20-12-7-5-11(6-8-12)13-9-10-14(17)21-13/h5-10H,4H2,1-3H3. The lowest BCUT2D eigenvalue weighted by Crippen LogP contribution is -2.39. The van der Waals surface area contributed by atoms with Crippen LogP contribution in [0.1, 0.15) is 20.8 Å². The summed E-state index contributed by atoms with van der Waals surface area (Å²) in [7, 11) is 0. The molecule has 0 atom stereocenters. The van der Waals surface area contributed by atoms with Gasteiger partial charge in [0.25, 0.3) is 0 Å². The fraction of sp³-hybridized carbons (Fsp3) is 0.312. The van der Waals surface area contributed by atoms with Gasteiger partial charge in [-0.25, -0.2) is 4.79 Å². The SMILES string of the molecule is CCOC(=O)C(C)(C)Oc1ccc(-c2ccc(Cl)s2)cc1. The average molecular weight is 325 g/mol. The Bertz CT molecular complexity index is 617. The van der Waals surface area contributed by atoms with Crippen LogP contribution in [0, 0.1) is 0 Å². The Balaban J connectivity index is 2.10. The molecular weight excluding hydrogens is 308 g/mol. The second-order valence-electron chi connectivity index (χ2n) is 4.96. The van der Waals surface area contributed by atoms with Gasteiger partial charge in [0, 0.05) is 4.88 Å². The molecule has 21 heavy (non-hydrogen) atoms. The van der Waals surface area contributed by atoms with Crippen LogP contribution in [0.25, 0.3) is 10.4 Å². The molecule has 0 fully saturated rings. The number of hydrogen-bond donors (Lipinski definition) is 0. The van der Waals surface area contributed by atoms with Crippen LogP contribution in [0.3, 0.4) is 0 Å². The van der Waals surface area contributed by atoms with E-state index < -0.39 is 5.60 Å². The van der Waals surface area contributed by atoms with E-state index in [9.17, 15) is 4.79 Å². The van der Waals surface area contributed by atoms with Crippen molar-refractivity contribution in [2.75, 3.05) is 6.61 Å². The summed E-state index contributed by atoms with van der Waals surface area (Å²) in [5, 5.41) is 0. The molecular formula is C16H17ClO3S. The monoisotopic (exact) mass is 324 g/mol. The highest BCUT2D eigenvalue weighted by Crippen LogP contribution is 2.32. The van der Waals surface area contributed by atoms with Crippen LogP contribution in [0.2, 0.25) is 4.34 Å². The fourth-order valence-electron chi connectivity index (χ4n) is 1.80. The number of halogens is 1. The molecule has 1 aromatic carbocycles. The van der Waals surface area contributed by atoms with E-state index >= 15 is 0 Å². The molecule has 0 unspecified atom stereocenters. The summed E-state index contributed by atoms with van der Waals surface area (Å²) in [5.74, 6) is 0.249. The van der Waals surface area contributed by atoms with Gasteiger partial charge in [0.15, 0.2) is 5.60 Å². The van der Waals surface area contributed by atoms with Crippen molar-refractivity contribution in [3.63, 3.8) is 0 Å². The molecule has 0 saturated carbocycles. The van der Waals surface area contributed by atoms with Crippen molar-refractivity contribution >= 4 is 28.9 Å². The van der Waals surface area contributed by atoms with Crippen LogP contribution in [0.15, 0.2) is 36.4 Å². The smallest absolute Gasteiger partial charge is 0.349 e. The third kappa shape index (κ3) is 3.99. The van der Waals surface area contributed by atoms with Gasteiger partial charge in [-0.3, -0.25) is 0 Å². The first-order valence-corrected chi connectivity index (χ1v) is 7.84. The number of hydrogen-bond acceptors (Lipinski definition) is 4. The summed E-state index contributed by atoms with van der Waals surface area (Å²) >= 11 is 7.46. The van der Waals surface area contributed by atoms with E-state index in [2.05, 4.69) is 0 Å². The Morgan fingerprint density at radius 3 is 2.38 bits per heavy atom. The first-order chi connectivity index (χ1) is 9.92. The predicted octanol–water partition coefficient (Wildman–Crippen LogP) is 4.79. The van der Waals surface area contributed by atoms with Crippen molar-refractivity contribution in [1.82, 2.24) is 0 Å². The van der Waals surface area contributed by atoms with Gasteiger partial charge in [0.1, 0.15) is 5.75 Å². The molecule has 0 radical (unpaired) electrons. The third-order valence-corrected chi connectivity index (χ3v) is 4.13. The molecule has 0 bridgehead atoms. The molecule has 3 nitrogen and oxygen atoms in total. The Labute approximate surface area is 133 Å². The maximum Gasteiger partial charge on any atom is 0.349 e. The Morgan fingerprint density at radius 1 is 1.19 bits per heavy atom. The number of rotatable bonds is 5. The zero-order valence-corrected chi connectivity index (χ0v) is 13.8. The van der Waals surface area contributed by atoms with Crippen LogP contribution < -0.4 is 4.74 Å². The van der Waals surface area contributed by atoms with E-state index in [1.165, 1.54) is 11.3 Å². The molecule has 0 aliphatic rings. The van der Waals surface area contributed by atoms with Crippen LogP contribution >= 0.6 is 22.9 Å². The molecule has 0 spiro atoms. The molecule has 0 aliphatic carbocycles. The number of carbonyl (C=O) groups is 1. The van der Waals surface area contributed by atoms with E-state index in [0.29, 0.717) is 12.4 Å². The third-order valence-electron chi connectivity index (χ3n) is 2.85. The maximum absolute atomic E-state index is 11.8. The number of esters is 1. The zero-order chi connectivity index (χ0) is 15.5. The Kier molecular flexibility index (Phi) is 4.91. The first-order valence-electron chi connectivity index (χ1n) is 6.64. The first kappa shape index (κ1) is 15.9. The van der Waals surface area contributed by atoms with Crippen LogP contribution in [0.5, 0.6) is 5.75 Å². The summed E-state index contributed by atoms with van der Waals surface area (Å²) in [6, 6.07) is 11.4. The highest BCUT2D eigenvalue weighted by molar-refractivity contribution is 7.19. The predicted molar refractivity (Wildman–Crippen MR) is 86.1 cm³/mol. The summed E-state index contributed by atoms with van der Waals surface area (Å²) < 4.78 is 11.5. The minimum absolute atomic E-state index is 0.337. The van der Waals surface area contributed by atoms with E-state index in [1.54, 1.807) is 20.8 Å². The summed E-state index contributed by atoms with van der Waals surface area (Å²) in [4.78, 5) is 12.9. The van der Waals surface area contributed by atoms with Gasteiger partial charge in [-0.15, -0.1) is 11.3 Å². The number of thiophene rings is 1. The van der Waals surface area contributed by atoms with Crippen molar-refractivity contribution in [3.05, 3.63) is 40.7 Å². The molecule has 1 heterocycles. The van der Waals surface area contributed by atoms with Gasteiger partial charge >= 0.3 is 5.97 Å². The Morgan fingerprint density at radius 2 is 1.86 bits per heavy atom. The van der Waals surface area contributed by atoms with Crippen LogP contribution in [-0.4, -0.2) is 18.2 Å². The highest BCUT2D eigenvalue weighted by Gasteiger charge is 2.31. The second kappa shape index (κ2) is 6.50. The van der Waals surface area contributed by atoms with E-state index in [-0.39, 0.29) is 5.97 Å². The van der Waals surface area contributed by atoms with Gasteiger partial charge < -0.3 is 9.47 Å². The molecule has 0 aliphatic heterocycles. The van der Waals surface area contributed by atoms with Gasteiger partial charge in [0.2, 0.25) is 0 Å². The Hall–Kier alpha value is -1.52. The van der Waals surface area contributed by atoms with Gasteiger partial charge in [-0.2, -0.15) is 0 Å². The number of ether oxygens (including phenoxy) is 2. The number of carbonyl (C=O) groups excluding carboxylic acids is 1. The largest absolute Gasteiger partial charge is 0.476 e. The van der Waals surface area contributed by atoms with E-state index in [0.717, 1.165) is 14.8 Å². The maximum atomic E-state index is 11.8. The van der Waals surface area contributed by atoms with Crippen molar-refractivity contribution in [2.24, 2.45) is 0 Å². The molecule has 2 aromatic rings. The van der Waals surface area contributed by atoms with Crippen molar-refractivity contribution in [3.8, 4) is 16.2 Å². The average Bonchev–Trinajstić information content (AvgIpc) is 2.86. The molecule has 112 valence electrons. The summed E-state index contributed by atoms with van der Waals surface area (Å²) in [6.45, 7) is 5.49. The van der Waals surface area contributed by atoms with E-state index in [4.69, 9.17) is 21.1 Å². The van der Waals surface area contributed by atoms with Gasteiger partial charge in [-0.05, 0) is 62.7 Å². The lowest BCUT2D eigenvalue weighted by atomic mass is 10.1. The van der Waals surface area contributed by atoms with Gasteiger partial charge in [0.05, 0.1) is 10.9 Å². The number of benzene rings is 1. The molecule has 5 heteroatoms. The second-order valence-corrected chi connectivity index (χ2v) is 6.68. The van der Waals surface area contributed by atoms with Gasteiger partial charge in [-0.1, -0.05) is 11.6 Å². The molecule has 0 saturated heterocycles. The lowest BCUT2D eigenvalue weighted by molar-refractivity contribution is -0.158. The summed E-state index contributed by atoms with van der Waals surface area (Å²) in [5.41, 5.74) is 0.0530. The van der Waals surface area contributed by atoms with Crippen LogP contribution in [-0.2, 0) is 9.53 Å². The molecule has 0 N–H and O–H groups in total. The molecule has 2 rings (SSSR count). The lowest BCUT2D eigenvalue weighted by Gasteiger charge is -2.24. The van der Waals surface area contributed by atoms with Crippen LogP contribution in [0.4, 0.5) is 0 Å². The molecule has 1 aromatic heterocycles. The quantitative estimate of drug-likeness (QED) is 0.742. The van der Waals surface area contributed by atoms with E-state index in [1.807, 2.05) is 36.4 Å². The summed E-state index contributed by atoms with van der Waals surface area (Å²) in [6.07, 6.45) is 0.